The third kappa shape index (κ3) is 2.67. The van der Waals surface area contributed by atoms with Crippen LogP contribution in [0.4, 0.5) is 0 Å². The molecule has 1 atom stereocenters. The Morgan fingerprint density at radius 1 is 1.30 bits per heavy atom. The summed E-state index contributed by atoms with van der Waals surface area (Å²) in [5, 5.41) is 9.33. The lowest BCUT2D eigenvalue weighted by atomic mass is 9.97. The van der Waals surface area contributed by atoms with E-state index < -0.39 is 17.7 Å². The molecule has 20 heavy (non-hydrogen) atoms. The zero-order valence-electron chi connectivity index (χ0n) is 12.3. The largest absolute Gasteiger partial charge is 0.480 e. The average molecular weight is 284 g/mol. The van der Waals surface area contributed by atoms with Crippen molar-refractivity contribution in [3.63, 3.8) is 0 Å². The summed E-state index contributed by atoms with van der Waals surface area (Å²) in [6.45, 7) is 6.81. The molecular weight excluding hydrogens is 260 g/mol. The molecule has 0 bridgehead atoms. The van der Waals surface area contributed by atoms with Crippen molar-refractivity contribution in [1.82, 2.24) is 9.80 Å². The summed E-state index contributed by atoms with van der Waals surface area (Å²) >= 11 is 0. The van der Waals surface area contributed by atoms with Gasteiger partial charge >= 0.3 is 5.97 Å². The molecule has 2 aliphatic rings. The SMILES string of the molecule is CCCC(=O)N1C(C(=O)O)COC12CCN(CC)CC2. The first-order valence-electron chi connectivity index (χ1n) is 7.45. The van der Waals surface area contributed by atoms with Crippen LogP contribution in [-0.4, -0.2) is 64.8 Å². The molecular formula is C14H24N2O4. The number of rotatable bonds is 4. The highest BCUT2D eigenvalue weighted by Crippen LogP contribution is 2.37. The van der Waals surface area contributed by atoms with Crippen LogP contribution in [0.3, 0.4) is 0 Å². The summed E-state index contributed by atoms with van der Waals surface area (Å²) < 4.78 is 5.83. The zero-order valence-corrected chi connectivity index (χ0v) is 12.3. The normalized spacial score (nSPS) is 26.1. The van der Waals surface area contributed by atoms with Crippen molar-refractivity contribution < 1.29 is 19.4 Å². The van der Waals surface area contributed by atoms with Crippen molar-refractivity contribution >= 4 is 11.9 Å². The van der Waals surface area contributed by atoms with Crippen LogP contribution >= 0.6 is 0 Å². The molecule has 2 saturated heterocycles. The highest BCUT2D eigenvalue weighted by molar-refractivity contribution is 5.85. The molecule has 0 aliphatic carbocycles. The summed E-state index contributed by atoms with van der Waals surface area (Å²) in [5.74, 6) is -1.06. The number of carbonyl (C=O) groups excluding carboxylic acids is 1. The number of likely N-dealkylation sites (tertiary alicyclic amines) is 1. The van der Waals surface area contributed by atoms with Crippen molar-refractivity contribution in [3.8, 4) is 0 Å². The standard InChI is InChI=1S/C14H24N2O4/c1-3-5-12(17)16-11(13(18)19)10-20-14(16)6-8-15(4-2)9-7-14/h11H,3-10H2,1-2H3,(H,18,19). The Labute approximate surface area is 119 Å². The lowest BCUT2D eigenvalue weighted by molar-refractivity contribution is -0.165. The Kier molecular flexibility index (Phi) is 4.65. The first-order valence-corrected chi connectivity index (χ1v) is 7.45. The maximum atomic E-state index is 12.4. The first kappa shape index (κ1) is 15.3. The van der Waals surface area contributed by atoms with E-state index in [1.165, 1.54) is 4.90 Å². The second-order valence-electron chi connectivity index (χ2n) is 5.56. The third-order valence-electron chi connectivity index (χ3n) is 4.36. The average Bonchev–Trinajstić information content (AvgIpc) is 2.79. The number of nitrogens with zero attached hydrogens (tertiary/aromatic N) is 2. The number of carboxylic acid groups (broad SMARTS) is 1. The van der Waals surface area contributed by atoms with Gasteiger partial charge in [0, 0.05) is 32.4 Å². The summed E-state index contributed by atoms with van der Waals surface area (Å²) in [6.07, 6.45) is 2.49. The number of aliphatic carboxylic acids is 1. The number of piperidine rings is 1. The van der Waals surface area contributed by atoms with Gasteiger partial charge in [-0.25, -0.2) is 4.79 Å². The fraction of sp³-hybridized carbons (Fsp3) is 0.857. The van der Waals surface area contributed by atoms with Crippen molar-refractivity contribution in [3.05, 3.63) is 0 Å². The maximum absolute atomic E-state index is 12.4. The van der Waals surface area contributed by atoms with Crippen molar-refractivity contribution in [2.24, 2.45) is 0 Å². The van der Waals surface area contributed by atoms with Gasteiger partial charge in [-0.05, 0) is 13.0 Å². The molecule has 2 fully saturated rings. The Morgan fingerprint density at radius 2 is 1.95 bits per heavy atom. The van der Waals surface area contributed by atoms with E-state index >= 15 is 0 Å². The first-order chi connectivity index (χ1) is 9.54. The molecule has 0 radical (unpaired) electrons. The molecule has 114 valence electrons. The van der Waals surface area contributed by atoms with E-state index in [9.17, 15) is 14.7 Å². The Hall–Kier alpha value is -1.14. The molecule has 1 amide bonds. The molecule has 1 spiro atoms. The minimum atomic E-state index is -0.968. The number of carbonyl (C=O) groups is 2. The smallest absolute Gasteiger partial charge is 0.328 e. The Morgan fingerprint density at radius 3 is 2.45 bits per heavy atom. The van der Waals surface area contributed by atoms with Gasteiger partial charge in [-0.3, -0.25) is 9.69 Å². The summed E-state index contributed by atoms with van der Waals surface area (Å²) in [5.41, 5.74) is -0.693. The predicted molar refractivity (Wildman–Crippen MR) is 73.2 cm³/mol. The minimum Gasteiger partial charge on any atom is -0.480 e. The highest BCUT2D eigenvalue weighted by atomic mass is 16.5. The molecule has 0 aromatic rings. The Balaban J connectivity index is 2.19. The quantitative estimate of drug-likeness (QED) is 0.831. The second-order valence-corrected chi connectivity index (χ2v) is 5.56. The van der Waals surface area contributed by atoms with Crippen molar-refractivity contribution in [1.29, 1.82) is 0 Å². The van der Waals surface area contributed by atoms with Gasteiger partial charge in [-0.2, -0.15) is 0 Å². The molecule has 0 saturated carbocycles. The van der Waals surface area contributed by atoms with Crippen LogP contribution in [-0.2, 0) is 14.3 Å². The van der Waals surface area contributed by atoms with Crippen molar-refractivity contribution in [2.75, 3.05) is 26.2 Å². The fourth-order valence-corrected chi connectivity index (χ4v) is 3.18. The van der Waals surface area contributed by atoms with Gasteiger partial charge < -0.3 is 14.7 Å². The molecule has 2 heterocycles. The topological polar surface area (TPSA) is 70.1 Å². The van der Waals surface area contributed by atoms with Crippen LogP contribution < -0.4 is 0 Å². The monoisotopic (exact) mass is 284 g/mol. The van der Waals surface area contributed by atoms with Gasteiger partial charge in [0.05, 0.1) is 6.61 Å². The lowest BCUT2D eigenvalue weighted by Crippen LogP contribution is -2.58. The fourth-order valence-electron chi connectivity index (χ4n) is 3.18. The van der Waals surface area contributed by atoms with Crippen molar-refractivity contribution in [2.45, 2.75) is 51.3 Å². The molecule has 2 aliphatic heterocycles. The number of ether oxygens (including phenoxy) is 1. The molecule has 0 aromatic heterocycles. The lowest BCUT2D eigenvalue weighted by Gasteiger charge is -2.44. The van der Waals surface area contributed by atoms with Gasteiger partial charge in [0.1, 0.15) is 5.72 Å². The van der Waals surface area contributed by atoms with Crippen LogP contribution in [0.2, 0.25) is 0 Å². The van der Waals surface area contributed by atoms with Crippen LogP contribution in [0.5, 0.6) is 0 Å². The maximum Gasteiger partial charge on any atom is 0.328 e. The number of hydrogen-bond donors (Lipinski definition) is 1. The van der Waals surface area contributed by atoms with E-state index in [1.54, 1.807) is 0 Å². The number of carboxylic acids is 1. The molecule has 2 rings (SSSR count). The number of hydrogen-bond acceptors (Lipinski definition) is 4. The van der Waals surface area contributed by atoms with Crippen LogP contribution in [0, 0.1) is 0 Å². The highest BCUT2D eigenvalue weighted by Gasteiger charge is 2.53. The molecule has 0 aromatic carbocycles. The van der Waals surface area contributed by atoms with Gasteiger partial charge in [0.2, 0.25) is 5.91 Å². The van der Waals surface area contributed by atoms with E-state index in [-0.39, 0.29) is 12.5 Å². The van der Waals surface area contributed by atoms with Gasteiger partial charge in [-0.15, -0.1) is 0 Å². The minimum absolute atomic E-state index is 0.0950. The van der Waals surface area contributed by atoms with E-state index in [0.717, 1.165) is 26.1 Å². The molecule has 6 nitrogen and oxygen atoms in total. The van der Waals surface area contributed by atoms with Crippen LogP contribution in [0.25, 0.3) is 0 Å². The Bertz CT molecular complexity index is 377. The molecule has 6 heteroatoms. The van der Waals surface area contributed by atoms with Crippen LogP contribution in [0.1, 0.15) is 39.5 Å². The number of amides is 1. The van der Waals surface area contributed by atoms with Gasteiger partial charge in [0.15, 0.2) is 6.04 Å². The molecule has 1 unspecified atom stereocenters. The van der Waals surface area contributed by atoms with E-state index in [0.29, 0.717) is 19.3 Å². The second kappa shape index (κ2) is 6.10. The zero-order chi connectivity index (χ0) is 14.8. The van der Waals surface area contributed by atoms with Gasteiger partial charge in [-0.1, -0.05) is 13.8 Å². The van der Waals surface area contributed by atoms with E-state index in [1.807, 2.05) is 6.92 Å². The molecule has 1 N–H and O–H groups in total. The third-order valence-corrected chi connectivity index (χ3v) is 4.36. The predicted octanol–water partition coefficient (Wildman–Crippen LogP) is 0.911. The van der Waals surface area contributed by atoms with Crippen LogP contribution in [0.15, 0.2) is 0 Å². The van der Waals surface area contributed by atoms with E-state index in [4.69, 9.17) is 4.74 Å². The van der Waals surface area contributed by atoms with E-state index in [2.05, 4.69) is 11.8 Å². The van der Waals surface area contributed by atoms with Gasteiger partial charge in [0.25, 0.3) is 0 Å². The summed E-state index contributed by atoms with van der Waals surface area (Å²) in [4.78, 5) is 27.6. The summed E-state index contributed by atoms with van der Waals surface area (Å²) in [7, 11) is 0. The summed E-state index contributed by atoms with van der Waals surface area (Å²) in [6, 6.07) is -0.831.